The molecule has 0 aromatic carbocycles. The van der Waals surface area contributed by atoms with Gasteiger partial charge in [-0.1, -0.05) is 6.07 Å². The zero-order valence-electron chi connectivity index (χ0n) is 14.9. The van der Waals surface area contributed by atoms with Crippen molar-refractivity contribution in [3.63, 3.8) is 0 Å². The highest BCUT2D eigenvalue weighted by molar-refractivity contribution is 5.94. The Balaban J connectivity index is 1.51. The highest BCUT2D eigenvalue weighted by Gasteiger charge is 2.32. The molecule has 5 nitrogen and oxygen atoms in total. The van der Waals surface area contributed by atoms with Crippen molar-refractivity contribution in [2.45, 2.75) is 25.9 Å². The number of piperidine rings is 1. The van der Waals surface area contributed by atoms with Crippen molar-refractivity contribution in [2.75, 3.05) is 19.7 Å². The van der Waals surface area contributed by atoms with Crippen LogP contribution in [0.15, 0.2) is 36.7 Å². The first kappa shape index (κ1) is 19.1. The van der Waals surface area contributed by atoms with Crippen LogP contribution < -0.4 is 4.74 Å². The molecule has 8 heteroatoms. The Morgan fingerprint density at radius 3 is 2.56 bits per heavy atom. The molecular formula is C19H20F3N3O2. The molecule has 0 aliphatic carbocycles. The first-order chi connectivity index (χ1) is 12.8. The molecule has 1 aliphatic rings. The third-order valence-corrected chi connectivity index (χ3v) is 4.62. The summed E-state index contributed by atoms with van der Waals surface area (Å²) in [6.45, 7) is 3.54. The Kier molecular flexibility index (Phi) is 5.62. The van der Waals surface area contributed by atoms with E-state index in [9.17, 15) is 18.0 Å². The number of hydrogen-bond donors (Lipinski definition) is 0. The van der Waals surface area contributed by atoms with Gasteiger partial charge in [-0.25, -0.2) is 4.98 Å². The van der Waals surface area contributed by atoms with E-state index in [-0.39, 0.29) is 11.5 Å². The van der Waals surface area contributed by atoms with Crippen molar-refractivity contribution in [2.24, 2.45) is 5.92 Å². The molecular weight excluding hydrogens is 359 g/mol. The average Bonchev–Trinajstić information content (AvgIpc) is 2.67. The van der Waals surface area contributed by atoms with Crippen LogP contribution in [0.3, 0.4) is 0 Å². The lowest BCUT2D eigenvalue weighted by Gasteiger charge is -2.32. The van der Waals surface area contributed by atoms with Gasteiger partial charge in [0.2, 0.25) is 5.88 Å². The molecule has 0 atom stereocenters. The van der Waals surface area contributed by atoms with Crippen LogP contribution in [0, 0.1) is 12.8 Å². The topological polar surface area (TPSA) is 55.3 Å². The minimum Gasteiger partial charge on any atom is -0.477 e. The van der Waals surface area contributed by atoms with E-state index < -0.39 is 11.9 Å². The summed E-state index contributed by atoms with van der Waals surface area (Å²) in [5, 5.41) is 0. The first-order valence-corrected chi connectivity index (χ1v) is 8.71. The molecule has 0 unspecified atom stereocenters. The van der Waals surface area contributed by atoms with E-state index in [0.29, 0.717) is 31.5 Å². The third kappa shape index (κ3) is 4.75. The van der Waals surface area contributed by atoms with Gasteiger partial charge in [0.25, 0.3) is 5.91 Å². The third-order valence-electron chi connectivity index (χ3n) is 4.62. The Hall–Kier alpha value is -2.64. The molecule has 0 N–H and O–H groups in total. The second-order valence-corrected chi connectivity index (χ2v) is 6.60. The minimum atomic E-state index is -4.51. The Morgan fingerprint density at radius 2 is 1.96 bits per heavy atom. The summed E-state index contributed by atoms with van der Waals surface area (Å²) in [6, 6.07) is 5.80. The predicted octanol–water partition coefficient (Wildman–Crippen LogP) is 3.74. The summed E-state index contributed by atoms with van der Waals surface area (Å²) < 4.78 is 43.5. The molecule has 144 valence electrons. The lowest BCUT2D eigenvalue weighted by molar-refractivity contribution is -0.141. The number of nitrogens with zero attached hydrogens (tertiary/aromatic N) is 3. The lowest BCUT2D eigenvalue weighted by atomic mass is 9.97. The second-order valence-electron chi connectivity index (χ2n) is 6.60. The molecule has 0 spiro atoms. The first-order valence-electron chi connectivity index (χ1n) is 8.71. The van der Waals surface area contributed by atoms with Gasteiger partial charge in [0.05, 0.1) is 12.2 Å². The number of carbonyl (C=O) groups excluding carboxylic acids is 1. The van der Waals surface area contributed by atoms with E-state index in [0.717, 1.165) is 30.7 Å². The largest absolute Gasteiger partial charge is 0.477 e. The van der Waals surface area contributed by atoms with Gasteiger partial charge in [0.1, 0.15) is 5.69 Å². The number of amides is 1. The predicted molar refractivity (Wildman–Crippen MR) is 92.3 cm³/mol. The molecule has 0 saturated carbocycles. The Bertz CT molecular complexity index is 786. The molecule has 0 radical (unpaired) electrons. The maximum atomic E-state index is 12.6. The van der Waals surface area contributed by atoms with Crippen molar-refractivity contribution in [3.8, 4) is 5.88 Å². The maximum Gasteiger partial charge on any atom is 0.433 e. The zero-order valence-corrected chi connectivity index (χ0v) is 14.9. The van der Waals surface area contributed by atoms with Crippen LogP contribution >= 0.6 is 0 Å². The van der Waals surface area contributed by atoms with Gasteiger partial charge >= 0.3 is 6.18 Å². The Labute approximate surface area is 155 Å². The SMILES string of the molecule is Cc1cccnc1OCC1CCN(C(=O)c2ccc(C(F)(F)F)nc2)CC1. The number of hydrogen-bond acceptors (Lipinski definition) is 4. The van der Waals surface area contributed by atoms with E-state index >= 15 is 0 Å². The number of aromatic nitrogens is 2. The van der Waals surface area contributed by atoms with E-state index in [1.54, 1.807) is 11.1 Å². The van der Waals surface area contributed by atoms with Crippen molar-refractivity contribution >= 4 is 5.91 Å². The van der Waals surface area contributed by atoms with Gasteiger partial charge in [-0.2, -0.15) is 13.2 Å². The van der Waals surface area contributed by atoms with Gasteiger partial charge in [-0.05, 0) is 43.9 Å². The van der Waals surface area contributed by atoms with Crippen LogP contribution in [0.4, 0.5) is 13.2 Å². The van der Waals surface area contributed by atoms with E-state index in [1.807, 2.05) is 19.1 Å². The minimum absolute atomic E-state index is 0.168. The van der Waals surface area contributed by atoms with Crippen molar-refractivity contribution in [1.29, 1.82) is 0 Å². The van der Waals surface area contributed by atoms with Crippen LogP contribution in [0.1, 0.15) is 34.5 Å². The molecule has 0 bridgehead atoms. The summed E-state index contributed by atoms with van der Waals surface area (Å²) in [7, 11) is 0. The summed E-state index contributed by atoms with van der Waals surface area (Å²) in [6.07, 6.45) is -0.296. The normalized spacial score (nSPS) is 15.6. The molecule has 1 aliphatic heterocycles. The van der Waals surface area contributed by atoms with Gasteiger partial charge < -0.3 is 9.64 Å². The number of halogens is 3. The zero-order chi connectivity index (χ0) is 19.4. The Morgan fingerprint density at radius 1 is 1.22 bits per heavy atom. The van der Waals surface area contributed by atoms with Crippen molar-refractivity contribution < 1.29 is 22.7 Å². The quantitative estimate of drug-likeness (QED) is 0.812. The number of rotatable bonds is 4. The van der Waals surface area contributed by atoms with E-state index in [4.69, 9.17) is 4.74 Å². The number of likely N-dealkylation sites (tertiary alicyclic amines) is 1. The number of aryl methyl sites for hydroxylation is 1. The molecule has 27 heavy (non-hydrogen) atoms. The fraction of sp³-hybridized carbons (Fsp3) is 0.421. The number of ether oxygens (including phenoxy) is 1. The number of carbonyl (C=O) groups is 1. The van der Waals surface area contributed by atoms with Crippen LogP contribution in [0.5, 0.6) is 5.88 Å². The van der Waals surface area contributed by atoms with Crippen LogP contribution in [-0.4, -0.2) is 40.5 Å². The monoisotopic (exact) mass is 379 g/mol. The number of alkyl halides is 3. The molecule has 2 aromatic heterocycles. The maximum absolute atomic E-state index is 12.6. The molecule has 3 rings (SSSR count). The molecule has 1 saturated heterocycles. The number of pyridine rings is 2. The van der Waals surface area contributed by atoms with Gasteiger partial charge in [0.15, 0.2) is 0 Å². The summed E-state index contributed by atoms with van der Waals surface area (Å²) in [4.78, 5) is 21.6. The van der Waals surface area contributed by atoms with E-state index in [1.165, 1.54) is 6.07 Å². The summed E-state index contributed by atoms with van der Waals surface area (Å²) >= 11 is 0. The van der Waals surface area contributed by atoms with Gasteiger partial charge in [0, 0.05) is 31.0 Å². The van der Waals surface area contributed by atoms with Crippen LogP contribution in [0.2, 0.25) is 0 Å². The highest BCUT2D eigenvalue weighted by atomic mass is 19.4. The fourth-order valence-electron chi connectivity index (χ4n) is 2.99. The lowest BCUT2D eigenvalue weighted by Crippen LogP contribution is -2.39. The van der Waals surface area contributed by atoms with Crippen LogP contribution in [0.25, 0.3) is 0 Å². The highest BCUT2D eigenvalue weighted by Crippen LogP contribution is 2.27. The summed E-state index contributed by atoms with van der Waals surface area (Å²) in [5.41, 5.74) is 0.140. The van der Waals surface area contributed by atoms with Crippen molar-refractivity contribution in [3.05, 3.63) is 53.5 Å². The fourth-order valence-corrected chi connectivity index (χ4v) is 2.99. The average molecular weight is 379 g/mol. The second kappa shape index (κ2) is 7.94. The summed E-state index contributed by atoms with van der Waals surface area (Å²) in [5.74, 6) is 0.629. The van der Waals surface area contributed by atoms with E-state index in [2.05, 4.69) is 9.97 Å². The molecule has 1 amide bonds. The molecule has 3 heterocycles. The van der Waals surface area contributed by atoms with Crippen LogP contribution in [-0.2, 0) is 6.18 Å². The van der Waals surface area contributed by atoms with Gasteiger partial charge in [-0.3, -0.25) is 9.78 Å². The van der Waals surface area contributed by atoms with Gasteiger partial charge in [-0.15, -0.1) is 0 Å². The van der Waals surface area contributed by atoms with Crippen molar-refractivity contribution in [1.82, 2.24) is 14.9 Å². The molecule has 1 fully saturated rings. The smallest absolute Gasteiger partial charge is 0.433 e. The molecule has 2 aromatic rings. The standard InChI is InChI=1S/C19H20F3N3O2/c1-13-3-2-8-23-17(13)27-12-14-6-9-25(10-7-14)18(26)15-4-5-16(24-11-15)19(20,21)22/h2-5,8,11,14H,6-7,9-10,12H2,1H3.